The van der Waals surface area contributed by atoms with Gasteiger partial charge in [-0.3, -0.25) is 9.78 Å². The van der Waals surface area contributed by atoms with E-state index in [-0.39, 0.29) is 17.6 Å². The molecule has 0 saturated carbocycles. The van der Waals surface area contributed by atoms with Gasteiger partial charge in [0.1, 0.15) is 6.61 Å². The minimum Gasteiger partial charge on any atom is -0.387 e. The van der Waals surface area contributed by atoms with Crippen LogP contribution in [0.3, 0.4) is 0 Å². The number of hydrogen-bond donors (Lipinski definition) is 2. The number of nitrogens with one attached hydrogen (secondary N) is 1. The summed E-state index contributed by atoms with van der Waals surface area (Å²) < 4.78 is 5.95. The molecule has 6 heteroatoms. The maximum absolute atomic E-state index is 11.5. The van der Waals surface area contributed by atoms with Gasteiger partial charge >= 0.3 is 0 Å². The fourth-order valence-electron chi connectivity index (χ4n) is 3.06. The van der Waals surface area contributed by atoms with Crippen molar-refractivity contribution < 1.29 is 14.6 Å². The van der Waals surface area contributed by atoms with Gasteiger partial charge in [-0.2, -0.15) is 0 Å². The lowest BCUT2D eigenvalue weighted by Gasteiger charge is -2.23. The summed E-state index contributed by atoms with van der Waals surface area (Å²) in [7, 11) is 0. The Kier molecular flexibility index (Phi) is 3.58. The first-order valence-electron chi connectivity index (χ1n) is 6.90. The molecule has 1 aromatic rings. The van der Waals surface area contributed by atoms with Crippen molar-refractivity contribution in [1.29, 1.82) is 0 Å². The molecular formula is C14H19N3O3. The number of ether oxygens (including phenoxy) is 1. The van der Waals surface area contributed by atoms with E-state index in [0.717, 1.165) is 18.5 Å². The lowest BCUT2D eigenvalue weighted by atomic mass is 9.97. The van der Waals surface area contributed by atoms with Gasteiger partial charge in [-0.25, -0.2) is 0 Å². The molecule has 2 unspecified atom stereocenters. The van der Waals surface area contributed by atoms with Gasteiger partial charge in [0.05, 0.1) is 23.9 Å². The van der Waals surface area contributed by atoms with Crippen LogP contribution in [-0.4, -0.2) is 58.8 Å². The first-order chi connectivity index (χ1) is 9.71. The summed E-state index contributed by atoms with van der Waals surface area (Å²) >= 11 is 0. The summed E-state index contributed by atoms with van der Waals surface area (Å²) in [6.07, 6.45) is 5.25. The van der Waals surface area contributed by atoms with Gasteiger partial charge in [-0.05, 0) is 18.6 Å². The molecule has 2 atom stereocenters. The Balaban J connectivity index is 1.58. The van der Waals surface area contributed by atoms with E-state index in [0.29, 0.717) is 19.7 Å². The predicted molar refractivity (Wildman–Crippen MR) is 73.2 cm³/mol. The highest BCUT2D eigenvalue weighted by Gasteiger charge is 2.46. The van der Waals surface area contributed by atoms with Crippen LogP contribution in [-0.2, 0) is 9.53 Å². The molecule has 0 radical (unpaired) electrons. The molecule has 2 saturated heterocycles. The third-order valence-electron chi connectivity index (χ3n) is 4.05. The topological polar surface area (TPSA) is 74.7 Å². The van der Waals surface area contributed by atoms with E-state index in [4.69, 9.17) is 9.84 Å². The molecule has 2 aliphatic heterocycles. The summed E-state index contributed by atoms with van der Waals surface area (Å²) in [6.45, 7) is 1.46. The normalized spacial score (nSPS) is 29.1. The number of aromatic nitrogens is 1. The number of pyridine rings is 1. The summed E-state index contributed by atoms with van der Waals surface area (Å²) in [5.74, 6) is -0.214. The fraction of sp³-hybridized carbons (Fsp3) is 0.571. The van der Waals surface area contributed by atoms with E-state index in [1.165, 1.54) is 0 Å². The monoisotopic (exact) mass is 277 g/mol. The number of aliphatic hydroxyl groups excluding tert-OH is 1. The highest BCUT2D eigenvalue weighted by molar-refractivity contribution is 5.77. The van der Waals surface area contributed by atoms with Crippen LogP contribution in [0.1, 0.15) is 12.8 Å². The smallest absolute Gasteiger partial charge is 0.248 e. The van der Waals surface area contributed by atoms with Crippen molar-refractivity contribution in [1.82, 2.24) is 9.88 Å². The molecule has 6 nitrogen and oxygen atoms in total. The third kappa shape index (κ3) is 2.62. The van der Waals surface area contributed by atoms with Gasteiger partial charge in [-0.1, -0.05) is 0 Å². The molecule has 3 heterocycles. The number of nitrogens with zero attached hydrogens (tertiary/aromatic N) is 2. The second kappa shape index (κ2) is 5.38. The molecule has 1 amide bonds. The molecule has 0 aliphatic carbocycles. The number of carbonyl (C=O) groups is 1. The summed E-state index contributed by atoms with van der Waals surface area (Å²) in [4.78, 5) is 17.3. The Morgan fingerprint density at radius 1 is 1.65 bits per heavy atom. The van der Waals surface area contributed by atoms with Crippen LogP contribution >= 0.6 is 0 Å². The van der Waals surface area contributed by atoms with Crippen LogP contribution in [0, 0.1) is 0 Å². The quantitative estimate of drug-likeness (QED) is 0.828. The lowest BCUT2D eigenvalue weighted by Crippen LogP contribution is -2.37. The van der Waals surface area contributed by atoms with Gasteiger partial charge in [0.15, 0.2) is 0 Å². The molecule has 1 spiro atoms. The lowest BCUT2D eigenvalue weighted by molar-refractivity contribution is -0.134. The Bertz CT molecular complexity index is 482. The SMILES string of the molecule is O=C(CO)N1CCC2(CC(Nc3cccnc3)CO2)C1. The van der Waals surface area contributed by atoms with Crippen molar-refractivity contribution in [3.63, 3.8) is 0 Å². The molecule has 2 N–H and O–H groups in total. The Hall–Kier alpha value is -1.66. The third-order valence-corrected chi connectivity index (χ3v) is 4.05. The van der Waals surface area contributed by atoms with Gasteiger partial charge in [0, 0.05) is 31.9 Å². The Morgan fingerprint density at radius 2 is 2.55 bits per heavy atom. The number of rotatable bonds is 3. The van der Waals surface area contributed by atoms with Crippen molar-refractivity contribution in [3.8, 4) is 0 Å². The van der Waals surface area contributed by atoms with Gasteiger partial charge in [-0.15, -0.1) is 0 Å². The maximum atomic E-state index is 11.5. The van der Waals surface area contributed by atoms with Crippen LogP contribution in [0.15, 0.2) is 24.5 Å². The number of carbonyl (C=O) groups excluding carboxylic acids is 1. The number of hydrogen-bond acceptors (Lipinski definition) is 5. The number of anilines is 1. The summed E-state index contributed by atoms with van der Waals surface area (Å²) in [6, 6.07) is 4.11. The Morgan fingerprint density at radius 3 is 3.30 bits per heavy atom. The van der Waals surface area contributed by atoms with E-state index < -0.39 is 6.61 Å². The summed E-state index contributed by atoms with van der Waals surface area (Å²) in [5.41, 5.74) is 0.740. The zero-order valence-electron chi connectivity index (χ0n) is 11.3. The molecule has 0 aromatic carbocycles. The van der Waals surface area contributed by atoms with Gasteiger partial charge < -0.3 is 20.1 Å². The van der Waals surface area contributed by atoms with Gasteiger partial charge in [0.2, 0.25) is 5.91 Å². The maximum Gasteiger partial charge on any atom is 0.248 e. The highest BCUT2D eigenvalue weighted by Crippen LogP contribution is 2.36. The number of amides is 1. The molecule has 2 aliphatic rings. The van der Waals surface area contributed by atoms with Crippen molar-refractivity contribution in [2.45, 2.75) is 24.5 Å². The first-order valence-corrected chi connectivity index (χ1v) is 6.90. The van der Waals surface area contributed by atoms with Crippen LogP contribution in [0.2, 0.25) is 0 Å². The standard InChI is InChI=1S/C14H19N3O3/c18-8-13(19)17-5-3-14(10-17)6-12(9-20-14)16-11-2-1-4-15-7-11/h1-2,4,7,12,16,18H,3,5-6,8-10H2. The second-order valence-corrected chi connectivity index (χ2v) is 5.50. The van der Waals surface area contributed by atoms with Crippen molar-refractivity contribution in [2.24, 2.45) is 0 Å². The zero-order valence-corrected chi connectivity index (χ0v) is 11.3. The molecular weight excluding hydrogens is 258 g/mol. The largest absolute Gasteiger partial charge is 0.387 e. The van der Waals surface area contributed by atoms with E-state index in [1.54, 1.807) is 17.3 Å². The average molecular weight is 277 g/mol. The van der Waals surface area contributed by atoms with Crippen molar-refractivity contribution >= 4 is 11.6 Å². The molecule has 108 valence electrons. The average Bonchev–Trinajstić information content (AvgIpc) is 3.07. The molecule has 20 heavy (non-hydrogen) atoms. The molecule has 2 fully saturated rings. The van der Waals surface area contributed by atoms with Crippen LogP contribution < -0.4 is 5.32 Å². The molecule has 0 bridgehead atoms. The van der Waals surface area contributed by atoms with E-state index >= 15 is 0 Å². The first kappa shape index (κ1) is 13.3. The van der Waals surface area contributed by atoms with Crippen molar-refractivity contribution in [2.75, 3.05) is 31.6 Å². The van der Waals surface area contributed by atoms with Gasteiger partial charge in [0.25, 0.3) is 0 Å². The fourth-order valence-corrected chi connectivity index (χ4v) is 3.06. The predicted octanol–water partition coefficient (Wildman–Crippen LogP) is 0.246. The van der Waals surface area contributed by atoms with E-state index in [1.807, 2.05) is 12.1 Å². The number of aliphatic hydroxyl groups is 1. The zero-order chi connectivity index (χ0) is 14.0. The number of likely N-dealkylation sites (tertiary alicyclic amines) is 1. The van der Waals surface area contributed by atoms with Crippen molar-refractivity contribution in [3.05, 3.63) is 24.5 Å². The Labute approximate surface area is 117 Å². The molecule has 1 aromatic heterocycles. The highest BCUT2D eigenvalue weighted by atomic mass is 16.5. The minimum absolute atomic E-state index is 0.214. The molecule has 3 rings (SSSR count). The minimum atomic E-state index is -0.423. The van der Waals surface area contributed by atoms with E-state index in [2.05, 4.69) is 10.3 Å². The van der Waals surface area contributed by atoms with Crippen LogP contribution in [0.25, 0.3) is 0 Å². The van der Waals surface area contributed by atoms with Crippen LogP contribution in [0.5, 0.6) is 0 Å². The summed E-state index contributed by atoms with van der Waals surface area (Å²) in [5, 5.41) is 12.3. The second-order valence-electron chi connectivity index (χ2n) is 5.50. The van der Waals surface area contributed by atoms with E-state index in [9.17, 15) is 4.79 Å². The van der Waals surface area contributed by atoms with Crippen LogP contribution in [0.4, 0.5) is 5.69 Å².